The number of alkyl halides is 3. The largest absolute Gasteiger partial charge is 0.416 e. The molecule has 0 bridgehead atoms. The molecular formula is C25H23F3N6O5. The van der Waals surface area contributed by atoms with Gasteiger partial charge in [-0.25, -0.2) is 15.0 Å². The van der Waals surface area contributed by atoms with Crippen molar-refractivity contribution in [3.63, 3.8) is 0 Å². The normalized spacial score (nSPS) is 21.3. The molecule has 5 N–H and O–H groups in total. The Labute approximate surface area is 218 Å². The number of nitrogens with zero attached hydrogens (tertiary/aromatic N) is 4. The van der Waals surface area contributed by atoms with Crippen LogP contribution in [0, 0.1) is 0 Å². The lowest BCUT2D eigenvalue weighted by Gasteiger charge is -2.16. The summed E-state index contributed by atoms with van der Waals surface area (Å²) in [6.45, 7) is -0.462. The minimum absolute atomic E-state index is 0.00780. The molecule has 3 heterocycles. The Balaban J connectivity index is 1.24. The van der Waals surface area contributed by atoms with Crippen molar-refractivity contribution in [3.8, 4) is 0 Å². The molecule has 0 saturated carbocycles. The van der Waals surface area contributed by atoms with Crippen LogP contribution in [0.2, 0.25) is 0 Å². The van der Waals surface area contributed by atoms with Crippen molar-refractivity contribution in [1.29, 1.82) is 0 Å². The van der Waals surface area contributed by atoms with E-state index in [1.54, 1.807) is 24.3 Å². The number of nitrogens with one attached hydrogen (secondary N) is 2. The molecular weight excluding hydrogens is 521 g/mol. The summed E-state index contributed by atoms with van der Waals surface area (Å²) in [6, 6.07) is 11.1. The number of aliphatic hydroxyl groups is 3. The summed E-state index contributed by atoms with van der Waals surface area (Å²) in [6.07, 6.45) is -6.27. The molecule has 1 amide bonds. The second kappa shape index (κ2) is 10.6. The van der Waals surface area contributed by atoms with Crippen LogP contribution in [-0.4, -0.2) is 65.7 Å². The van der Waals surface area contributed by atoms with Crippen molar-refractivity contribution >= 4 is 34.3 Å². The molecule has 0 aliphatic carbocycles. The lowest BCUT2D eigenvalue weighted by Crippen LogP contribution is -2.33. The predicted octanol–water partition coefficient (Wildman–Crippen LogP) is 2.38. The van der Waals surface area contributed by atoms with Gasteiger partial charge in [0.15, 0.2) is 23.2 Å². The number of carbonyl (C=O) groups excluding carboxylic acids is 1. The summed E-state index contributed by atoms with van der Waals surface area (Å²) in [5.74, 6) is -0.0262. The Bertz CT molecular complexity index is 1460. The Morgan fingerprint density at radius 3 is 2.31 bits per heavy atom. The van der Waals surface area contributed by atoms with E-state index in [1.807, 2.05) is 0 Å². The Kier molecular flexibility index (Phi) is 7.18. The Morgan fingerprint density at radius 1 is 0.974 bits per heavy atom. The van der Waals surface area contributed by atoms with Crippen molar-refractivity contribution in [2.24, 2.45) is 0 Å². The first-order valence-corrected chi connectivity index (χ1v) is 11.8. The van der Waals surface area contributed by atoms with Gasteiger partial charge in [-0.1, -0.05) is 12.1 Å². The number of amides is 1. The minimum Gasteiger partial charge on any atom is -0.394 e. The maximum atomic E-state index is 12.7. The van der Waals surface area contributed by atoms with Crippen LogP contribution in [-0.2, 0) is 22.1 Å². The number of fused-ring (bicyclic) bond motifs is 1. The number of hydrogen-bond acceptors (Lipinski definition) is 9. The third-order valence-corrected chi connectivity index (χ3v) is 6.23. The maximum absolute atomic E-state index is 12.7. The monoisotopic (exact) mass is 544 g/mol. The van der Waals surface area contributed by atoms with E-state index in [2.05, 4.69) is 25.6 Å². The van der Waals surface area contributed by atoms with Crippen LogP contribution in [0.1, 0.15) is 17.4 Å². The average molecular weight is 544 g/mol. The molecule has 39 heavy (non-hydrogen) atoms. The lowest BCUT2D eigenvalue weighted by molar-refractivity contribution is -0.137. The summed E-state index contributed by atoms with van der Waals surface area (Å²) < 4.78 is 45.1. The molecule has 4 atom stereocenters. The molecule has 2 aromatic heterocycles. The van der Waals surface area contributed by atoms with E-state index in [4.69, 9.17) is 4.74 Å². The molecule has 1 saturated heterocycles. The molecule has 1 aliphatic rings. The van der Waals surface area contributed by atoms with Gasteiger partial charge in [0.2, 0.25) is 5.91 Å². The van der Waals surface area contributed by atoms with Crippen LogP contribution in [0.3, 0.4) is 0 Å². The number of aromatic nitrogens is 4. The van der Waals surface area contributed by atoms with Crippen molar-refractivity contribution in [2.45, 2.75) is 37.1 Å². The second-order valence-corrected chi connectivity index (χ2v) is 8.90. The number of hydrogen-bond donors (Lipinski definition) is 5. The molecule has 1 aliphatic heterocycles. The van der Waals surface area contributed by atoms with Crippen LogP contribution in [0.25, 0.3) is 11.2 Å². The fourth-order valence-corrected chi connectivity index (χ4v) is 4.22. The number of benzene rings is 2. The lowest BCUT2D eigenvalue weighted by atomic mass is 10.1. The first kappa shape index (κ1) is 26.5. The van der Waals surface area contributed by atoms with Gasteiger partial charge < -0.3 is 30.7 Å². The zero-order valence-electron chi connectivity index (χ0n) is 20.1. The number of ether oxygens (including phenoxy) is 1. The molecule has 14 heteroatoms. The molecule has 2 aromatic carbocycles. The number of imidazole rings is 1. The first-order valence-electron chi connectivity index (χ1n) is 11.8. The third-order valence-electron chi connectivity index (χ3n) is 6.23. The fraction of sp³-hybridized carbons (Fsp3) is 0.280. The number of anilines is 3. The number of carbonyl (C=O) groups is 1. The van der Waals surface area contributed by atoms with Crippen LogP contribution in [0.4, 0.5) is 30.4 Å². The quantitative estimate of drug-likeness (QED) is 0.236. The molecule has 0 spiro atoms. The van der Waals surface area contributed by atoms with E-state index in [1.165, 1.54) is 29.4 Å². The molecule has 1 fully saturated rings. The van der Waals surface area contributed by atoms with Crippen LogP contribution in [0.15, 0.2) is 61.2 Å². The van der Waals surface area contributed by atoms with E-state index in [-0.39, 0.29) is 18.0 Å². The minimum atomic E-state index is -4.45. The number of aliphatic hydroxyl groups excluding tert-OH is 3. The smallest absolute Gasteiger partial charge is 0.394 e. The predicted molar refractivity (Wildman–Crippen MR) is 132 cm³/mol. The summed E-state index contributed by atoms with van der Waals surface area (Å²) >= 11 is 0. The molecule has 11 nitrogen and oxygen atoms in total. The highest BCUT2D eigenvalue weighted by atomic mass is 19.4. The van der Waals surface area contributed by atoms with Crippen LogP contribution >= 0.6 is 0 Å². The summed E-state index contributed by atoms with van der Waals surface area (Å²) in [5.41, 5.74) is 1.47. The highest BCUT2D eigenvalue weighted by Gasteiger charge is 2.44. The summed E-state index contributed by atoms with van der Waals surface area (Å²) in [4.78, 5) is 25.1. The van der Waals surface area contributed by atoms with E-state index in [0.717, 1.165) is 12.1 Å². The SMILES string of the molecule is O=C(Cc1ccc(Nc2ncnc3c2ncn3[C@@H]2O[C@H](CO)[C@@H](O)[C@H]2O)cc1)Nc1ccc(C(F)(F)F)cc1. The molecule has 5 rings (SSSR count). The molecule has 0 radical (unpaired) electrons. The second-order valence-electron chi connectivity index (χ2n) is 8.90. The molecule has 0 unspecified atom stereocenters. The van der Waals surface area contributed by atoms with Crippen LogP contribution in [0.5, 0.6) is 0 Å². The maximum Gasteiger partial charge on any atom is 0.416 e. The van der Waals surface area contributed by atoms with Crippen molar-refractivity contribution in [2.75, 3.05) is 17.2 Å². The topological polar surface area (TPSA) is 155 Å². The zero-order valence-corrected chi connectivity index (χ0v) is 20.1. The summed E-state index contributed by atoms with van der Waals surface area (Å²) in [7, 11) is 0. The average Bonchev–Trinajstić information content (AvgIpc) is 3.46. The van der Waals surface area contributed by atoms with Crippen LogP contribution < -0.4 is 10.6 Å². The van der Waals surface area contributed by atoms with Gasteiger partial charge in [-0.15, -0.1) is 0 Å². The van der Waals surface area contributed by atoms with Crippen molar-refractivity contribution < 1.29 is 38.0 Å². The summed E-state index contributed by atoms with van der Waals surface area (Å²) in [5, 5.41) is 35.4. The zero-order chi connectivity index (χ0) is 27.7. The Hall–Kier alpha value is -4.11. The van der Waals surface area contributed by atoms with Gasteiger partial charge in [-0.05, 0) is 42.0 Å². The van der Waals surface area contributed by atoms with E-state index in [0.29, 0.717) is 28.2 Å². The third kappa shape index (κ3) is 5.54. The van der Waals surface area contributed by atoms with E-state index < -0.39 is 42.9 Å². The van der Waals surface area contributed by atoms with Gasteiger partial charge in [0.25, 0.3) is 0 Å². The van der Waals surface area contributed by atoms with Crippen molar-refractivity contribution in [1.82, 2.24) is 19.5 Å². The van der Waals surface area contributed by atoms with Gasteiger partial charge in [-0.2, -0.15) is 13.2 Å². The van der Waals surface area contributed by atoms with Gasteiger partial charge in [-0.3, -0.25) is 9.36 Å². The molecule has 204 valence electrons. The van der Waals surface area contributed by atoms with Gasteiger partial charge in [0.1, 0.15) is 24.6 Å². The first-order chi connectivity index (χ1) is 18.6. The fourth-order valence-electron chi connectivity index (χ4n) is 4.22. The van der Waals surface area contributed by atoms with Gasteiger partial charge >= 0.3 is 6.18 Å². The number of halogens is 3. The Morgan fingerprint density at radius 2 is 1.67 bits per heavy atom. The molecule has 4 aromatic rings. The number of rotatable bonds is 7. The van der Waals surface area contributed by atoms with Gasteiger partial charge in [0, 0.05) is 11.4 Å². The van der Waals surface area contributed by atoms with Gasteiger partial charge in [0.05, 0.1) is 24.9 Å². The standard InChI is InChI=1S/C25H23F3N6O5/c26-25(27,28)14-3-7-15(8-4-14)32-18(36)9-13-1-5-16(6-2-13)33-22-19-23(30-11-29-22)34(12-31-19)24-21(38)20(37)17(10-35)39-24/h1-8,11-12,17,20-21,24,35,37-38H,9-10H2,(H,32,36)(H,29,30,33)/t17-,20-,21-,24-/m1/s1. The highest BCUT2D eigenvalue weighted by molar-refractivity contribution is 5.92. The van der Waals surface area contributed by atoms with E-state index in [9.17, 15) is 33.3 Å². The van der Waals surface area contributed by atoms with E-state index >= 15 is 0 Å². The van der Waals surface area contributed by atoms with Crippen molar-refractivity contribution in [3.05, 3.63) is 72.3 Å². The highest BCUT2D eigenvalue weighted by Crippen LogP contribution is 2.33.